The second-order valence-electron chi connectivity index (χ2n) is 5.93. The van der Waals surface area contributed by atoms with Crippen LogP contribution < -0.4 is 0 Å². The van der Waals surface area contributed by atoms with E-state index in [4.69, 9.17) is 0 Å². The van der Waals surface area contributed by atoms with Crippen molar-refractivity contribution in [2.24, 2.45) is 5.41 Å². The van der Waals surface area contributed by atoms with E-state index in [9.17, 15) is 9.59 Å². The van der Waals surface area contributed by atoms with Crippen molar-refractivity contribution in [3.8, 4) is 0 Å². The molecule has 2 heteroatoms. The Labute approximate surface area is 120 Å². The second kappa shape index (κ2) is 5.74. The molecule has 1 aliphatic rings. The number of Topliss-reactive ketones (excluding diaryl/α,β-unsaturated/α-hetero) is 2. The average Bonchev–Trinajstić information content (AvgIpc) is 2.74. The average molecular weight is 270 g/mol. The highest BCUT2D eigenvalue weighted by atomic mass is 16.1. The molecule has 1 aromatic rings. The molecular formula is C18H22O2. The summed E-state index contributed by atoms with van der Waals surface area (Å²) in [5.41, 5.74) is 1.59. The fourth-order valence-corrected chi connectivity index (χ4v) is 3.23. The summed E-state index contributed by atoms with van der Waals surface area (Å²) >= 11 is 0. The first kappa shape index (κ1) is 14.7. The summed E-state index contributed by atoms with van der Waals surface area (Å²) < 4.78 is 0. The van der Waals surface area contributed by atoms with Crippen molar-refractivity contribution in [3.63, 3.8) is 0 Å². The second-order valence-corrected chi connectivity index (χ2v) is 5.93. The number of carbonyl (C=O) groups excluding carboxylic acids is 2. The number of rotatable bonds is 5. The van der Waals surface area contributed by atoms with E-state index in [-0.39, 0.29) is 17.5 Å². The van der Waals surface area contributed by atoms with Gasteiger partial charge in [0, 0.05) is 18.8 Å². The molecule has 1 aromatic carbocycles. The van der Waals surface area contributed by atoms with E-state index in [2.05, 4.69) is 18.7 Å². The molecule has 0 unspecified atom stereocenters. The van der Waals surface area contributed by atoms with Crippen LogP contribution in [0.4, 0.5) is 0 Å². The Bertz CT molecular complexity index is 530. The third-order valence-electron chi connectivity index (χ3n) is 4.65. The molecule has 0 aliphatic heterocycles. The Morgan fingerprint density at radius 1 is 1.30 bits per heavy atom. The molecule has 0 spiro atoms. The first-order valence-corrected chi connectivity index (χ1v) is 7.22. The zero-order valence-corrected chi connectivity index (χ0v) is 12.3. The lowest BCUT2D eigenvalue weighted by atomic mass is 9.69. The smallest absolute Gasteiger partial charge is 0.143 e. The minimum absolute atomic E-state index is 0.149. The molecule has 0 saturated heterocycles. The van der Waals surface area contributed by atoms with Gasteiger partial charge in [0.25, 0.3) is 0 Å². The molecule has 0 heterocycles. The van der Waals surface area contributed by atoms with Gasteiger partial charge in [-0.15, -0.1) is 0 Å². The number of allylic oxidation sites excluding steroid dienone is 1. The van der Waals surface area contributed by atoms with Gasteiger partial charge in [-0.25, -0.2) is 0 Å². The fourth-order valence-electron chi connectivity index (χ4n) is 3.23. The van der Waals surface area contributed by atoms with Crippen LogP contribution in [0.5, 0.6) is 0 Å². The summed E-state index contributed by atoms with van der Waals surface area (Å²) in [7, 11) is 0. The van der Waals surface area contributed by atoms with Crippen molar-refractivity contribution in [3.05, 3.63) is 48.0 Å². The van der Waals surface area contributed by atoms with Crippen molar-refractivity contribution < 1.29 is 9.59 Å². The third-order valence-corrected chi connectivity index (χ3v) is 4.65. The zero-order chi connectivity index (χ0) is 14.8. The quantitative estimate of drug-likeness (QED) is 0.756. The highest BCUT2D eigenvalue weighted by molar-refractivity contribution is 5.91. The number of hydrogen-bond donors (Lipinski definition) is 0. The maximum Gasteiger partial charge on any atom is 0.143 e. The molecule has 1 saturated carbocycles. The van der Waals surface area contributed by atoms with Crippen LogP contribution in [0.1, 0.15) is 51.0 Å². The molecule has 1 fully saturated rings. The summed E-state index contributed by atoms with van der Waals surface area (Å²) in [6, 6.07) is 10.2. The fraction of sp³-hybridized carbons (Fsp3) is 0.444. The van der Waals surface area contributed by atoms with Gasteiger partial charge in [-0.1, -0.05) is 42.5 Å². The highest BCUT2D eigenvalue weighted by Crippen LogP contribution is 2.51. The van der Waals surface area contributed by atoms with E-state index in [1.165, 1.54) is 5.56 Å². The number of hydrogen-bond acceptors (Lipinski definition) is 2. The lowest BCUT2D eigenvalue weighted by Gasteiger charge is -2.32. The molecule has 106 valence electrons. The molecule has 2 rings (SSSR count). The van der Waals surface area contributed by atoms with Crippen molar-refractivity contribution >= 4 is 11.6 Å². The first-order valence-electron chi connectivity index (χ1n) is 7.22. The predicted molar refractivity (Wildman–Crippen MR) is 80.6 cm³/mol. The van der Waals surface area contributed by atoms with Crippen LogP contribution in [-0.4, -0.2) is 11.6 Å². The van der Waals surface area contributed by atoms with Crippen molar-refractivity contribution in [1.82, 2.24) is 0 Å². The van der Waals surface area contributed by atoms with Crippen LogP contribution in [0.15, 0.2) is 42.5 Å². The van der Waals surface area contributed by atoms with E-state index < -0.39 is 5.41 Å². The lowest BCUT2D eigenvalue weighted by molar-refractivity contribution is -0.124. The van der Waals surface area contributed by atoms with Gasteiger partial charge in [0.1, 0.15) is 11.6 Å². The van der Waals surface area contributed by atoms with E-state index in [1.54, 1.807) is 6.92 Å². The largest absolute Gasteiger partial charge is 0.300 e. The molecule has 0 bridgehead atoms. The lowest BCUT2D eigenvalue weighted by Crippen LogP contribution is -2.30. The highest BCUT2D eigenvalue weighted by Gasteiger charge is 2.47. The van der Waals surface area contributed by atoms with Crippen molar-refractivity contribution in [1.29, 1.82) is 0 Å². The van der Waals surface area contributed by atoms with Crippen LogP contribution >= 0.6 is 0 Å². The molecule has 0 N–H and O–H groups in total. The van der Waals surface area contributed by atoms with Gasteiger partial charge >= 0.3 is 0 Å². The molecule has 2 nitrogen and oxygen atoms in total. The Kier molecular flexibility index (Phi) is 4.22. The molecule has 0 aromatic heterocycles. The van der Waals surface area contributed by atoms with Crippen LogP contribution in [-0.2, 0) is 9.59 Å². The SMILES string of the molecule is C=C(CCC(C)=O)[C@]1(C)C(=O)CC[C@@H]1c1ccccc1. The Hall–Kier alpha value is -1.70. The molecule has 0 radical (unpaired) electrons. The van der Waals surface area contributed by atoms with Gasteiger partial charge in [-0.3, -0.25) is 4.79 Å². The summed E-state index contributed by atoms with van der Waals surface area (Å²) in [5.74, 6) is 0.604. The minimum Gasteiger partial charge on any atom is -0.300 e. The maximum atomic E-state index is 12.4. The van der Waals surface area contributed by atoms with E-state index in [0.717, 1.165) is 12.0 Å². The molecule has 20 heavy (non-hydrogen) atoms. The van der Waals surface area contributed by atoms with Crippen LogP contribution in [0.2, 0.25) is 0 Å². The number of ketones is 2. The van der Waals surface area contributed by atoms with Gasteiger partial charge < -0.3 is 4.79 Å². The third kappa shape index (κ3) is 2.60. The number of carbonyl (C=O) groups is 2. The van der Waals surface area contributed by atoms with Gasteiger partial charge in [-0.2, -0.15) is 0 Å². The van der Waals surface area contributed by atoms with Crippen molar-refractivity contribution in [2.75, 3.05) is 0 Å². The van der Waals surface area contributed by atoms with E-state index in [1.807, 2.05) is 25.1 Å². The maximum absolute atomic E-state index is 12.4. The Morgan fingerprint density at radius 3 is 2.55 bits per heavy atom. The molecule has 1 aliphatic carbocycles. The van der Waals surface area contributed by atoms with Gasteiger partial charge in [0.2, 0.25) is 0 Å². The van der Waals surface area contributed by atoms with Crippen molar-refractivity contribution in [2.45, 2.75) is 45.4 Å². The molecule has 2 atom stereocenters. The summed E-state index contributed by atoms with van der Waals surface area (Å²) in [6.07, 6.45) is 2.57. The van der Waals surface area contributed by atoms with Gasteiger partial charge in [0.05, 0.1) is 5.41 Å². The molecular weight excluding hydrogens is 248 g/mol. The standard InChI is InChI=1S/C18H22O2/c1-13(9-10-14(2)19)18(3)16(11-12-17(18)20)15-7-5-4-6-8-15/h4-8,16H,1,9-12H2,2-3H3/t16-,18+/m1/s1. The minimum atomic E-state index is -0.517. The van der Waals surface area contributed by atoms with Gasteiger partial charge in [0.15, 0.2) is 0 Å². The summed E-state index contributed by atoms with van der Waals surface area (Å²) in [4.78, 5) is 23.6. The van der Waals surface area contributed by atoms with Crippen LogP contribution in [0.25, 0.3) is 0 Å². The molecule has 0 amide bonds. The normalized spacial score (nSPS) is 25.7. The van der Waals surface area contributed by atoms with Crippen LogP contribution in [0.3, 0.4) is 0 Å². The Morgan fingerprint density at radius 2 is 1.95 bits per heavy atom. The van der Waals surface area contributed by atoms with E-state index in [0.29, 0.717) is 19.3 Å². The summed E-state index contributed by atoms with van der Waals surface area (Å²) in [5, 5.41) is 0. The van der Waals surface area contributed by atoms with Gasteiger partial charge in [-0.05, 0) is 32.3 Å². The summed E-state index contributed by atoms with van der Waals surface area (Å²) in [6.45, 7) is 7.72. The monoisotopic (exact) mass is 270 g/mol. The predicted octanol–water partition coefficient (Wildman–Crippen LogP) is 4.06. The van der Waals surface area contributed by atoms with E-state index >= 15 is 0 Å². The zero-order valence-electron chi connectivity index (χ0n) is 12.3. The van der Waals surface area contributed by atoms with Crippen LogP contribution in [0, 0.1) is 5.41 Å². The number of benzene rings is 1. The Balaban J connectivity index is 2.27. The topological polar surface area (TPSA) is 34.1 Å². The first-order chi connectivity index (χ1) is 9.46.